The molecule has 0 spiro atoms. The normalized spacial score (nSPS) is 18.2. The molecule has 2 aromatic rings. The van der Waals surface area contributed by atoms with Crippen LogP contribution in [0.1, 0.15) is 30.1 Å². The molecule has 1 atom stereocenters. The Kier molecular flexibility index (Phi) is 3.41. The number of carbonyl (C=O) groups excluding carboxylic acids is 1. The minimum atomic E-state index is -0.371. The highest BCUT2D eigenvalue weighted by molar-refractivity contribution is 5.94. The molecular formula is C16H18N2O3. The molecule has 0 unspecified atom stereocenters. The number of ether oxygens (including phenoxy) is 1. The van der Waals surface area contributed by atoms with E-state index in [0.717, 1.165) is 30.3 Å². The van der Waals surface area contributed by atoms with E-state index in [1.165, 1.54) is 7.11 Å². The first kappa shape index (κ1) is 13.7. The number of hydrogen-bond acceptors (Lipinski definition) is 4. The average molecular weight is 286 g/mol. The second kappa shape index (κ2) is 5.24. The first-order valence-electron chi connectivity index (χ1n) is 7.13. The van der Waals surface area contributed by atoms with Gasteiger partial charge in [0.1, 0.15) is 0 Å². The Labute approximate surface area is 122 Å². The molecule has 5 heteroatoms. The van der Waals surface area contributed by atoms with Crippen LogP contribution in [0.5, 0.6) is 0 Å². The van der Waals surface area contributed by atoms with E-state index in [4.69, 9.17) is 4.74 Å². The molecule has 1 aromatic heterocycles. The zero-order valence-electron chi connectivity index (χ0n) is 12.2. The summed E-state index contributed by atoms with van der Waals surface area (Å²) in [7, 11) is 1.36. The van der Waals surface area contributed by atoms with Gasteiger partial charge in [-0.15, -0.1) is 0 Å². The monoisotopic (exact) mass is 286 g/mol. The van der Waals surface area contributed by atoms with Crippen molar-refractivity contribution in [2.45, 2.75) is 25.8 Å². The number of hydrogen-bond donors (Lipinski definition) is 0. The van der Waals surface area contributed by atoms with Crippen LogP contribution in [0.4, 0.5) is 0 Å². The SMILES string of the molecule is COC(=O)c1ccc2c(ccc(=O)n2N2CCC[C@H]2C)c1. The van der Waals surface area contributed by atoms with E-state index in [-0.39, 0.29) is 11.5 Å². The zero-order valence-corrected chi connectivity index (χ0v) is 12.2. The molecule has 1 fully saturated rings. The third kappa shape index (κ3) is 2.28. The summed E-state index contributed by atoms with van der Waals surface area (Å²) in [6.07, 6.45) is 2.17. The smallest absolute Gasteiger partial charge is 0.337 e. The fourth-order valence-electron chi connectivity index (χ4n) is 2.96. The number of esters is 1. The summed E-state index contributed by atoms with van der Waals surface area (Å²) in [4.78, 5) is 23.9. The number of aromatic nitrogens is 1. The summed E-state index contributed by atoms with van der Waals surface area (Å²) in [6.45, 7) is 3.00. The zero-order chi connectivity index (χ0) is 15.0. The van der Waals surface area contributed by atoms with Crippen LogP contribution in [0.2, 0.25) is 0 Å². The van der Waals surface area contributed by atoms with Crippen LogP contribution < -0.4 is 10.6 Å². The number of methoxy groups -OCH3 is 1. The van der Waals surface area contributed by atoms with E-state index >= 15 is 0 Å². The summed E-state index contributed by atoms with van der Waals surface area (Å²) < 4.78 is 6.47. The molecule has 0 amide bonds. The molecule has 21 heavy (non-hydrogen) atoms. The Balaban J connectivity index is 2.18. The van der Waals surface area contributed by atoms with Crippen molar-refractivity contribution in [1.29, 1.82) is 0 Å². The van der Waals surface area contributed by atoms with Gasteiger partial charge in [0.2, 0.25) is 0 Å². The quantitative estimate of drug-likeness (QED) is 0.791. The molecule has 3 rings (SSSR count). The van der Waals surface area contributed by atoms with E-state index in [2.05, 4.69) is 11.9 Å². The van der Waals surface area contributed by atoms with Gasteiger partial charge in [-0.25, -0.2) is 9.47 Å². The number of nitrogens with zero attached hydrogens (tertiary/aromatic N) is 2. The molecule has 0 bridgehead atoms. The summed E-state index contributed by atoms with van der Waals surface area (Å²) >= 11 is 0. The molecule has 110 valence electrons. The molecule has 1 aliphatic heterocycles. The topological polar surface area (TPSA) is 51.5 Å². The maximum absolute atomic E-state index is 12.3. The van der Waals surface area contributed by atoms with E-state index in [0.29, 0.717) is 11.6 Å². The highest BCUT2D eigenvalue weighted by Crippen LogP contribution is 2.20. The van der Waals surface area contributed by atoms with Crippen LogP contribution in [0, 0.1) is 0 Å². The van der Waals surface area contributed by atoms with E-state index in [1.807, 2.05) is 6.07 Å². The summed E-state index contributed by atoms with van der Waals surface area (Å²) in [6, 6.07) is 8.92. The van der Waals surface area contributed by atoms with Gasteiger partial charge >= 0.3 is 5.97 Å². The molecule has 1 saturated heterocycles. The lowest BCUT2D eigenvalue weighted by Crippen LogP contribution is -2.44. The molecular weight excluding hydrogens is 268 g/mol. The first-order chi connectivity index (χ1) is 10.1. The van der Waals surface area contributed by atoms with Crippen molar-refractivity contribution in [2.75, 3.05) is 18.7 Å². The molecule has 0 aliphatic carbocycles. The predicted octanol–water partition coefficient (Wildman–Crippen LogP) is 1.91. The number of carbonyl (C=O) groups is 1. The fraction of sp³-hybridized carbons (Fsp3) is 0.375. The Morgan fingerprint density at radius 1 is 1.29 bits per heavy atom. The minimum Gasteiger partial charge on any atom is -0.465 e. The van der Waals surface area contributed by atoms with Crippen molar-refractivity contribution in [3.63, 3.8) is 0 Å². The van der Waals surface area contributed by atoms with Gasteiger partial charge in [0.15, 0.2) is 0 Å². The molecule has 1 aromatic carbocycles. The van der Waals surface area contributed by atoms with Crippen LogP contribution in [0.15, 0.2) is 35.1 Å². The molecule has 2 heterocycles. The highest BCUT2D eigenvalue weighted by Gasteiger charge is 2.22. The lowest BCUT2D eigenvalue weighted by Gasteiger charge is -2.27. The summed E-state index contributed by atoms with van der Waals surface area (Å²) in [5, 5.41) is 2.96. The molecule has 0 saturated carbocycles. The highest BCUT2D eigenvalue weighted by atomic mass is 16.5. The van der Waals surface area contributed by atoms with Gasteiger partial charge in [-0.05, 0) is 44.0 Å². The standard InChI is InChI=1S/C16H18N2O3/c1-11-4-3-9-17(11)18-14-7-5-13(16(20)21-2)10-12(14)6-8-15(18)19/h5-8,10-11H,3-4,9H2,1-2H3/t11-/m1/s1. The van der Waals surface area contributed by atoms with Gasteiger partial charge in [0.25, 0.3) is 5.56 Å². The van der Waals surface area contributed by atoms with Crippen molar-refractivity contribution in [1.82, 2.24) is 4.68 Å². The number of pyridine rings is 1. The lowest BCUT2D eigenvalue weighted by molar-refractivity contribution is 0.0601. The van der Waals surface area contributed by atoms with Crippen LogP contribution in [-0.2, 0) is 4.74 Å². The van der Waals surface area contributed by atoms with Gasteiger partial charge < -0.3 is 9.75 Å². The molecule has 0 N–H and O–H groups in total. The second-order valence-electron chi connectivity index (χ2n) is 5.40. The predicted molar refractivity (Wildman–Crippen MR) is 81.3 cm³/mol. The average Bonchev–Trinajstić information content (AvgIpc) is 2.91. The van der Waals surface area contributed by atoms with Crippen LogP contribution >= 0.6 is 0 Å². The van der Waals surface area contributed by atoms with Gasteiger partial charge in [0.05, 0.1) is 18.2 Å². The Hall–Kier alpha value is -2.30. The van der Waals surface area contributed by atoms with Gasteiger partial charge in [-0.1, -0.05) is 0 Å². The largest absolute Gasteiger partial charge is 0.465 e. The summed E-state index contributed by atoms with van der Waals surface area (Å²) in [5.74, 6) is -0.371. The van der Waals surface area contributed by atoms with Crippen LogP contribution in [0.25, 0.3) is 10.9 Å². The number of fused-ring (bicyclic) bond motifs is 1. The molecule has 5 nitrogen and oxygen atoms in total. The lowest BCUT2D eigenvalue weighted by atomic mass is 10.1. The van der Waals surface area contributed by atoms with E-state index < -0.39 is 0 Å². The maximum Gasteiger partial charge on any atom is 0.337 e. The van der Waals surface area contributed by atoms with Crippen LogP contribution in [-0.4, -0.2) is 30.3 Å². The molecule has 0 radical (unpaired) electrons. The van der Waals surface area contributed by atoms with Gasteiger partial charge in [0, 0.05) is 24.0 Å². The van der Waals surface area contributed by atoms with Gasteiger partial charge in [-0.3, -0.25) is 4.79 Å². The summed E-state index contributed by atoms with van der Waals surface area (Å²) in [5.41, 5.74) is 1.27. The third-order valence-electron chi connectivity index (χ3n) is 4.07. The van der Waals surface area contributed by atoms with Crippen LogP contribution in [0.3, 0.4) is 0 Å². The third-order valence-corrected chi connectivity index (χ3v) is 4.07. The van der Waals surface area contributed by atoms with Crippen molar-refractivity contribution in [2.24, 2.45) is 0 Å². The second-order valence-corrected chi connectivity index (χ2v) is 5.40. The van der Waals surface area contributed by atoms with Crippen molar-refractivity contribution in [3.05, 3.63) is 46.2 Å². The number of benzene rings is 1. The van der Waals surface area contributed by atoms with Crippen molar-refractivity contribution < 1.29 is 9.53 Å². The van der Waals surface area contributed by atoms with Gasteiger partial charge in [-0.2, -0.15) is 0 Å². The first-order valence-corrected chi connectivity index (χ1v) is 7.13. The Morgan fingerprint density at radius 2 is 2.10 bits per heavy atom. The van der Waals surface area contributed by atoms with E-state index in [9.17, 15) is 9.59 Å². The fourth-order valence-corrected chi connectivity index (χ4v) is 2.96. The number of rotatable bonds is 2. The Morgan fingerprint density at radius 3 is 2.76 bits per heavy atom. The molecule has 1 aliphatic rings. The van der Waals surface area contributed by atoms with E-state index in [1.54, 1.807) is 28.9 Å². The minimum absolute atomic E-state index is 0.0398. The van der Waals surface area contributed by atoms with Crippen molar-refractivity contribution in [3.8, 4) is 0 Å². The van der Waals surface area contributed by atoms with Crippen molar-refractivity contribution >= 4 is 16.9 Å². The Bertz CT molecular complexity index is 751. The maximum atomic E-state index is 12.3.